The third-order valence-corrected chi connectivity index (χ3v) is 5.57. The van der Waals surface area contributed by atoms with Crippen LogP contribution in [0.25, 0.3) is 0 Å². The number of nitrogens with zero attached hydrogens (tertiary/aromatic N) is 2. The Hall–Kier alpha value is -1.27. The van der Waals surface area contributed by atoms with Gasteiger partial charge in [0.05, 0.1) is 23.7 Å². The zero-order valence-corrected chi connectivity index (χ0v) is 13.7. The number of para-hydroxylation sites is 2. The molecular weight excluding hydrogens is 286 g/mol. The molecule has 6 heteroatoms. The summed E-state index contributed by atoms with van der Waals surface area (Å²) in [7, 11) is -1.24. The predicted molar refractivity (Wildman–Crippen MR) is 88.6 cm³/mol. The SMILES string of the molecule is CCCNCCCS(=O)(=O)N1CCN(C)c2ccccc21. The Morgan fingerprint density at radius 3 is 2.57 bits per heavy atom. The molecule has 0 amide bonds. The quantitative estimate of drug-likeness (QED) is 0.778. The monoisotopic (exact) mass is 311 g/mol. The summed E-state index contributed by atoms with van der Waals surface area (Å²) in [6.07, 6.45) is 1.72. The van der Waals surface area contributed by atoms with E-state index in [1.807, 2.05) is 31.3 Å². The molecule has 2 rings (SSSR count). The summed E-state index contributed by atoms with van der Waals surface area (Å²) in [6, 6.07) is 7.70. The Bertz CT molecular complexity index is 560. The van der Waals surface area contributed by atoms with Crippen molar-refractivity contribution in [2.45, 2.75) is 19.8 Å². The Balaban J connectivity index is 2.05. The van der Waals surface area contributed by atoms with Gasteiger partial charge in [0.1, 0.15) is 0 Å². The van der Waals surface area contributed by atoms with E-state index in [0.29, 0.717) is 13.0 Å². The predicted octanol–water partition coefficient (Wildman–Crippen LogP) is 1.66. The first-order valence-corrected chi connectivity index (χ1v) is 9.18. The maximum Gasteiger partial charge on any atom is 0.235 e. The minimum absolute atomic E-state index is 0.196. The average molecular weight is 311 g/mol. The van der Waals surface area contributed by atoms with E-state index >= 15 is 0 Å². The Morgan fingerprint density at radius 2 is 1.86 bits per heavy atom. The molecule has 0 fully saturated rings. The second-order valence-corrected chi connectivity index (χ2v) is 7.41. The maximum atomic E-state index is 12.6. The Kier molecular flexibility index (Phi) is 5.47. The largest absolute Gasteiger partial charge is 0.371 e. The highest BCUT2D eigenvalue weighted by molar-refractivity contribution is 7.92. The summed E-state index contributed by atoms with van der Waals surface area (Å²) in [5, 5.41) is 3.25. The van der Waals surface area contributed by atoms with Gasteiger partial charge in [-0.3, -0.25) is 4.31 Å². The van der Waals surface area contributed by atoms with E-state index in [4.69, 9.17) is 0 Å². The molecule has 1 aromatic carbocycles. The summed E-state index contributed by atoms with van der Waals surface area (Å²) in [5.41, 5.74) is 1.78. The lowest BCUT2D eigenvalue weighted by molar-refractivity contribution is 0.582. The molecule has 1 aliphatic rings. The van der Waals surface area contributed by atoms with E-state index < -0.39 is 10.0 Å². The number of benzene rings is 1. The fourth-order valence-electron chi connectivity index (χ4n) is 2.56. The molecule has 0 radical (unpaired) electrons. The van der Waals surface area contributed by atoms with Crippen LogP contribution in [0.2, 0.25) is 0 Å². The molecule has 0 aliphatic carbocycles. The van der Waals surface area contributed by atoms with Crippen molar-refractivity contribution >= 4 is 21.4 Å². The van der Waals surface area contributed by atoms with E-state index in [0.717, 1.165) is 37.4 Å². The van der Waals surface area contributed by atoms with Crippen LogP contribution < -0.4 is 14.5 Å². The number of sulfonamides is 1. The van der Waals surface area contributed by atoms with Crippen LogP contribution in [-0.2, 0) is 10.0 Å². The van der Waals surface area contributed by atoms with Gasteiger partial charge in [-0.2, -0.15) is 0 Å². The molecule has 0 unspecified atom stereocenters. The average Bonchev–Trinajstić information content (AvgIpc) is 2.47. The zero-order valence-electron chi connectivity index (χ0n) is 12.9. The first-order valence-electron chi connectivity index (χ1n) is 7.57. The molecule has 1 aliphatic heterocycles. The van der Waals surface area contributed by atoms with Gasteiger partial charge < -0.3 is 10.2 Å². The lowest BCUT2D eigenvalue weighted by Crippen LogP contribution is -2.43. The highest BCUT2D eigenvalue weighted by Crippen LogP contribution is 2.33. The third kappa shape index (κ3) is 3.89. The highest BCUT2D eigenvalue weighted by Gasteiger charge is 2.28. The summed E-state index contributed by atoms with van der Waals surface area (Å²) in [6.45, 7) is 5.05. The molecular formula is C15H25N3O2S. The van der Waals surface area contributed by atoms with Crippen molar-refractivity contribution in [3.8, 4) is 0 Å². The molecule has 1 aromatic rings. The molecule has 21 heavy (non-hydrogen) atoms. The second-order valence-electron chi connectivity index (χ2n) is 5.40. The van der Waals surface area contributed by atoms with Crippen LogP contribution in [0.1, 0.15) is 19.8 Å². The van der Waals surface area contributed by atoms with Crippen molar-refractivity contribution in [2.75, 3.05) is 48.2 Å². The van der Waals surface area contributed by atoms with Crippen molar-refractivity contribution in [3.63, 3.8) is 0 Å². The van der Waals surface area contributed by atoms with E-state index in [1.165, 1.54) is 0 Å². The van der Waals surface area contributed by atoms with Crippen molar-refractivity contribution in [1.29, 1.82) is 0 Å². The smallest absolute Gasteiger partial charge is 0.235 e. The fourth-order valence-corrected chi connectivity index (χ4v) is 4.10. The summed E-state index contributed by atoms with van der Waals surface area (Å²) < 4.78 is 26.7. The van der Waals surface area contributed by atoms with Gasteiger partial charge in [0.25, 0.3) is 0 Å². The molecule has 1 heterocycles. The standard InChI is InChI=1S/C15H25N3O2S/c1-3-9-16-10-6-13-21(19,20)18-12-11-17(2)14-7-4-5-8-15(14)18/h4-5,7-8,16H,3,6,9-13H2,1-2H3. The molecule has 0 atom stereocenters. The summed E-state index contributed by atoms with van der Waals surface area (Å²) in [4.78, 5) is 2.10. The van der Waals surface area contributed by atoms with Crippen LogP contribution in [0.3, 0.4) is 0 Å². The van der Waals surface area contributed by atoms with Crippen LogP contribution in [-0.4, -0.2) is 47.4 Å². The molecule has 1 N–H and O–H groups in total. The van der Waals surface area contributed by atoms with Crippen LogP contribution in [0.4, 0.5) is 11.4 Å². The van der Waals surface area contributed by atoms with Gasteiger partial charge in [0.2, 0.25) is 10.0 Å². The normalized spacial score (nSPS) is 15.1. The van der Waals surface area contributed by atoms with Gasteiger partial charge in [-0.15, -0.1) is 0 Å². The number of nitrogens with one attached hydrogen (secondary N) is 1. The van der Waals surface area contributed by atoms with Gasteiger partial charge in [0, 0.05) is 13.6 Å². The summed E-state index contributed by atoms with van der Waals surface area (Å²) >= 11 is 0. The number of likely N-dealkylation sites (N-methyl/N-ethyl adjacent to an activating group) is 1. The number of anilines is 2. The van der Waals surface area contributed by atoms with E-state index in [-0.39, 0.29) is 5.75 Å². The molecule has 0 saturated carbocycles. The van der Waals surface area contributed by atoms with Crippen molar-refractivity contribution in [3.05, 3.63) is 24.3 Å². The fraction of sp³-hybridized carbons (Fsp3) is 0.600. The molecule has 0 bridgehead atoms. The van der Waals surface area contributed by atoms with Crippen molar-refractivity contribution in [2.24, 2.45) is 0 Å². The van der Waals surface area contributed by atoms with Crippen molar-refractivity contribution in [1.82, 2.24) is 5.32 Å². The molecule has 5 nitrogen and oxygen atoms in total. The van der Waals surface area contributed by atoms with Gasteiger partial charge in [-0.1, -0.05) is 19.1 Å². The van der Waals surface area contributed by atoms with Gasteiger partial charge in [0.15, 0.2) is 0 Å². The molecule has 0 spiro atoms. The lowest BCUT2D eigenvalue weighted by atomic mass is 10.2. The third-order valence-electron chi connectivity index (χ3n) is 3.72. The molecule has 0 saturated heterocycles. The topological polar surface area (TPSA) is 52.7 Å². The number of hydrogen-bond donors (Lipinski definition) is 1. The number of fused-ring (bicyclic) bond motifs is 1. The van der Waals surface area contributed by atoms with Crippen LogP contribution in [0, 0.1) is 0 Å². The van der Waals surface area contributed by atoms with Gasteiger partial charge in [-0.05, 0) is 38.1 Å². The van der Waals surface area contributed by atoms with E-state index in [1.54, 1.807) is 4.31 Å². The van der Waals surface area contributed by atoms with Crippen LogP contribution in [0.15, 0.2) is 24.3 Å². The Labute approximate surface area is 128 Å². The van der Waals surface area contributed by atoms with Crippen molar-refractivity contribution < 1.29 is 8.42 Å². The maximum absolute atomic E-state index is 12.6. The molecule has 0 aromatic heterocycles. The van der Waals surface area contributed by atoms with Crippen LogP contribution in [0.5, 0.6) is 0 Å². The van der Waals surface area contributed by atoms with Crippen LogP contribution >= 0.6 is 0 Å². The minimum Gasteiger partial charge on any atom is -0.371 e. The Morgan fingerprint density at radius 1 is 1.14 bits per heavy atom. The first-order chi connectivity index (χ1) is 10.1. The second kappa shape index (κ2) is 7.13. The lowest BCUT2D eigenvalue weighted by Gasteiger charge is -2.36. The first kappa shape index (κ1) is 16.1. The minimum atomic E-state index is -3.24. The van der Waals surface area contributed by atoms with Gasteiger partial charge in [-0.25, -0.2) is 8.42 Å². The summed E-state index contributed by atoms with van der Waals surface area (Å²) in [5.74, 6) is 0.196. The molecule has 118 valence electrons. The van der Waals surface area contributed by atoms with E-state index in [9.17, 15) is 8.42 Å². The number of hydrogen-bond acceptors (Lipinski definition) is 4. The van der Waals surface area contributed by atoms with E-state index in [2.05, 4.69) is 17.1 Å². The highest BCUT2D eigenvalue weighted by atomic mass is 32.2. The van der Waals surface area contributed by atoms with Gasteiger partial charge >= 0.3 is 0 Å². The zero-order chi connectivity index (χ0) is 15.3. The number of rotatable bonds is 7.